The maximum Gasteiger partial charge on any atom is 0.311 e. The summed E-state index contributed by atoms with van der Waals surface area (Å²) in [5.41, 5.74) is -0.530. The molecule has 4 heterocycles. The van der Waals surface area contributed by atoms with E-state index in [1.807, 2.05) is 69.4 Å². The first kappa shape index (κ1) is 40.4. The fourth-order valence-electron chi connectivity index (χ4n) is 9.02. The van der Waals surface area contributed by atoms with E-state index in [2.05, 4.69) is 11.8 Å². The van der Waals surface area contributed by atoms with Gasteiger partial charge in [-0.3, -0.25) is 4.79 Å². The van der Waals surface area contributed by atoms with Gasteiger partial charge in [-0.15, -0.1) is 0 Å². The lowest BCUT2D eigenvalue weighted by molar-refractivity contribution is -0.309. The summed E-state index contributed by atoms with van der Waals surface area (Å²) in [6, 6.07) is -0.179. The quantitative estimate of drug-likeness (QED) is 0.281. The monoisotopic (exact) mass is 699 g/mol. The van der Waals surface area contributed by atoms with Crippen LogP contribution >= 0.6 is 0 Å². The Morgan fingerprint density at radius 2 is 1.71 bits per heavy atom. The Morgan fingerprint density at radius 3 is 2.31 bits per heavy atom. The van der Waals surface area contributed by atoms with Gasteiger partial charge in [0.05, 0.1) is 35.7 Å². The number of hydrogen-bond donors (Lipinski definition) is 1. The minimum Gasteiger partial charge on any atom is -0.488 e. The van der Waals surface area contributed by atoms with Crippen molar-refractivity contribution >= 4 is 5.97 Å². The number of rotatable bonds is 9. The zero-order valence-corrected chi connectivity index (χ0v) is 32.4. The van der Waals surface area contributed by atoms with Crippen molar-refractivity contribution < 1.29 is 47.4 Å². The third-order valence-corrected chi connectivity index (χ3v) is 11.9. The Balaban J connectivity index is 1.81. The van der Waals surface area contributed by atoms with Gasteiger partial charge in [-0.05, 0) is 80.5 Å². The van der Waals surface area contributed by atoms with Crippen LogP contribution in [0.4, 0.5) is 4.39 Å². The van der Waals surface area contributed by atoms with Gasteiger partial charge in [-0.2, -0.15) is 0 Å². The zero-order valence-electron chi connectivity index (χ0n) is 32.4. The average molecular weight is 700 g/mol. The van der Waals surface area contributed by atoms with E-state index in [9.17, 15) is 9.90 Å². The molecule has 0 aromatic carbocycles. The van der Waals surface area contributed by atoms with Gasteiger partial charge in [0, 0.05) is 44.2 Å². The lowest BCUT2D eigenvalue weighted by Crippen LogP contribution is -2.60. The second-order valence-corrected chi connectivity index (χ2v) is 16.1. The molecule has 0 amide bonds. The maximum absolute atomic E-state index is 15.7. The van der Waals surface area contributed by atoms with Crippen LogP contribution in [0.3, 0.4) is 0 Å². The minimum atomic E-state index is -1.25. The van der Waals surface area contributed by atoms with Crippen LogP contribution in [0.25, 0.3) is 0 Å². The van der Waals surface area contributed by atoms with Crippen LogP contribution in [-0.4, -0.2) is 109 Å². The highest BCUT2D eigenvalue weighted by Crippen LogP contribution is 2.48. The molecule has 1 N–H and O–H groups in total. The van der Waals surface area contributed by atoms with Crippen LogP contribution in [-0.2, 0) is 38.0 Å². The summed E-state index contributed by atoms with van der Waals surface area (Å²) in [5.74, 6) is -2.07. The number of esters is 1. The van der Waals surface area contributed by atoms with Crippen molar-refractivity contribution in [3.8, 4) is 0 Å². The first-order valence-electron chi connectivity index (χ1n) is 18.7. The summed E-state index contributed by atoms with van der Waals surface area (Å²) in [7, 11) is 3.68. The minimum absolute atomic E-state index is 0.130. The van der Waals surface area contributed by atoms with Gasteiger partial charge in [-0.1, -0.05) is 27.7 Å². The van der Waals surface area contributed by atoms with Crippen LogP contribution in [0.2, 0.25) is 0 Å². The Morgan fingerprint density at radius 1 is 1.04 bits per heavy atom. The lowest BCUT2D eigenvalue weighted by atomic mass is 9.79. The zero-order chi connectivity index (χ0) is 36.6. The Bertz CT molecular complexity index is 1150. The molecule has 0 unspecified atom stereocenters. The van der Waals surface area contributed by atoms with Gasteiger partial charge in [0.15, 0.2) is 12.6 Å². The number of likely N-dealkylation sites (N-methyl/N-ethyl adjacent to an activating group) is 1. The Kier molecular flexibility index (Phi) is 13.3. The molecule has 11 heteroatoms. The van der Waals surface area contributed by atoms with Gasteiger partial charge in [0.25, 0.3) is 0 Å². The number of hydrogen-bond acceptors (Lipinski definition) is 10. The number of aliphatic hydroxyl groups is 1. The molecule has 0 aliphatic carbocycles. The highest BCUT2D eigenvalue weighted by Gasteiger charge is 2.55. The SMILES string of the molecule is CC[C@H]1OC(=O)[C@H](C)[C@@H](O[C@H]2C[C@@](C)(OC)C[C@H](C)O2)[C@H](C)[C@@H](O[C@@H]2O[C@H](C)C[C@H](N(C)CC)[C@H]2O)[C@@]2(C)CC(C)=C(O2)[C@@H]([C@H](C)F)[C@H]1C. The third kappa shape index (κ3) is 8.66. The molecular formula is C38H66FNO9. The molecule has 284 valence electrons. The van der Waals surface area contributed by atoms with Crippen LogP contribution < -0.4 is 0 Å². The molecule has 4 aliphatic heterocycles. The number of halogens is 1. The van der Waals surface area contributed by atoms with Gasteiger partial charge in [-0.25, -0.2) is 4.39 Å². The first-order valence-corrected chi connectivity index (χ1v) is 18.7. The van der Waals surface area contributed by atoms with Gasteiger partial charge in [0.1, 0.15) is 35.8 Å². The largest absolute Gasteiger partial charge is 0.488 e. The highest BCUT2D eigenvalue weighted by atomic mass is 19.1. The van der Waals surface area contributed by atoms with E-state index < -0.39 is 78.1 Å². The van der Waals surface area contributed by atoms with E-state index in [-0.39, 0.29) is 24.2 Å². The highest BCUT2D eigenvalue weighted by molar-refractivity contribution is 5.73. The van der Waals surface area contributed by atoms with Crippen molar-refractivity contribution in [1.29, 1.82) is 0 Å². The van der Waals surface area contributed by atoms with Crippen molar-refractivity contribution in [1.82, 2.24) is 4.90 Å². The number of fused-ring (bicyclic) bond motifs is 2. The molecule has 0 saturated carbocycles. The summed E-state index contributed by atoms with van der Waals surface area (Å²) in [4.78, 5) is 16.2. The molecule has 0 aromatic rings. The summed E-state index contributed by atoms with van der Waals surface area (Å²) in [5, 5.41) is 11.7. The van der Waals surface area contributed by atoms with Crippen molar-refractivity contribution in [2.24, 2.45) is 23.7 Å². The number of nitrogens with zero attached hydrogens (tertiary/aromatic N) is 1. The van der Waals surface area contributed by atoms with Gasteiger partial charge < -0.3 is 43.2 Å². The number of alkyl halides is 1. The Hall–Kier alpha value is -1.34. The number of cyclic esters (lactones) is 1. The maximum atomic E-state index is 15.7. The summed E-state index contributed by atoms with van der Waals surface area (Å²) < 4.78 is 61.1. The summed E-state index contributed by atoms with van der Waals surface area (Å²) in [6.45, 7) is 22.0. The standard InChI is InChI=1S/C38H66FNO9/c1-14-28-23(6)30(26(9)39)32-20(3)17-38(11,49-32)34(48-36-31(41)27(40(12)15-2)16-21(4)45-36)24(7)33(25(8)35(42)46-28)47-29-19-37(10,43-13)18-22(5)44-29/h21-31,33-34,36,41H,14-19H2,1-13H3/t21-,22+,23+,24+,25-,26+,27+,28-,29+,30-,31-,33+,34-,36+,37+,38-/m1/s1. The molecule has 0 radical (unpaired) electrons. The summed E-state index contributed by atoms with van der Waals surface area (Å²) >= 11 is 0. The van der Waals surface area contributed by atoms with Crippen LogP contribution in [0.5, 0.6) is 0 Å². The number of carbonyl (C=O) groups is 1. The molecule has 16 atom stereocenters. The second kappa shape index (κ2) is 16.1. The Labute approximate surface area is 294 Å². The molecule has 4 aliphatic rings. The number of methoxy groups -OCH3 is 1. The van der Waals surface area contributed by atoms with Crippen LogP contribution in [0, 0.1) is 23.7 Å². The lowest BCUT2D eigenvalue weighted by Gasteiger charge is -2.48. The van der Waals surface area contributed by atoms with Crippen LogP contribution in [0.1, 0.15) is 108 Å². The van der Waals surface area contributed by atoms with E-state index in [4.69, 9.17) is 33.2 Å². The normalized spacial score (nSPS) is 46.1. The molecule has 0 aromatic heterocycles. The molecule has 10 nitrogen and oxygen atoms in total. The van der Waals surface area contributed by atoms with Crippen molar-refractivity contribution in [3.63, 3.8) is 0 Å². The number of allylic oxidation sites excluding steroid dienone is 1. The van der Waals surface area contributed by atoms with Crippen LogP contribution in [0.15, 0.2) is 11.3 Å². The molecule has 3 fully saturated rings. The van der Waals surface area contributed by atoms with Gasteiger partial charge >= 0.3 is 5.97 Å². The summed E-state index contributed by atoms with van der Waals surface area (Å²) in [6.07, 6.45) is -3.32. The third-order valence-electron chi connectivity index (χ3n) is 11.9. The second-order valence-electron chi connectivity index (χ2n) is 16.1. The molecule has 0 spiro atoms. The first-order chi connectivity index (χ1) is 22.9. The topological polar surface area (TPSA) is 105 Å². The van der Waals surface area contributed by atoms with Gasteiger partial charge in [0.2, 0.25) is 0 Å². The molecule has 4 rings (SSSR count). The van der Waals surface area contributed by atoms with Crippen molar-refractivity contribution in [3.05, 3.63) is 11.3 Å². The van der Waals surface area contributed by atoms with E-state index in [0.29, 0.717) is 37.9 Å². The molecule has 2 bridgehead atoms. The van der Waals surface area contributed by atoms with E-state index in [0.717, 1.165) is 12.1 Å². The van der Waals surface area contributed by atoms with E-state index >= 15 is 4.39 Å². The molecule has 3 saturated heterocycles. The molecular weight excluding hydrogens is 633 g/mol. The smallest absolute Gasteiger partial charge is 0.311 e. The fourth-order valence-corrected chi connectivity index (χ4v) is 9.02. The number of aliphatic hydroxyl groups excluding tert-OH is 1. The van der Waals surface area contributed by atoms with E-state index in [1.54, 1.807) is 14.0 Å². The van der Waals surface area contributed by atoms with Crippen molar-refractivity contribution in [2.75, 3.05) is 20.7 Å². The van der Waals surface area contributed by atoms with E-state index in [1.165, 1.54) is 0 Å². The predicted octanol–water partition coefficient (Wildman–Crippen LogP) is 6.17. The predicted molar refractivity (Wildman–Crippen MR) is 184 cm³/mol. The average Bonchev–Trinajstić information content (AvgIpc) is 3.33. The number of ether oxygens (including phenoxy) is 7. The number of carbonyl (C=O) groups excluding carboxylic acids is 1. The fraction of sp³-hybridized carbons (Fsp3) is 0.921. The molecule has 49 heavy (non-hydrogen) atoms. The van der Waals surface area contributed by atoms with Crippen molar-refractivity contribution in [2.45, 2.75) is 181 Å².